The van der Waals surface area contributed by atoms with Crippen LogP contribution in [0.25, 0.3) is 0 Å². The van der Waals surface area contributed by atoms with Crippen molar-refractivity contribution in [2.45, 2.75) is 19.4 Å². The fourth-order valence-corrected chi connectivity index (χ4v) is 2.68. The Labute approximate surface area is 155 Å². The number of carbonyl (C=O) groups excluding carboxylic acids is 2. The lowest BCUT2D eigenvalue weighted by Gasteiger charge is -2.18. The number of urea groups is 1. The molecule has 0 atom stereocenters. The topological polar surface area (TPSA) is 61.4 Å². The van der Waals surface area contributed by atoms with E-state index in [-0.39, 0.29) is 17.9 Å². The summed E-state index contributed by atoms with van der Waals surface area (Å²) in [7, 11) is 1.75. The third-order valence-electron chi connectivity index (χ3n) is 4.01. The molecule has 3 rings (SSSR count). The first-order chi connectivity index (χ1) is 12.0. The van der Waals surface area contributed by atoms with Crippen LogP contribution in [0.5, 0.6) is 0 Å². The van der Waals surface area contributed by atoms with E-state index >= 15 is 0 Å². The fraction of sp³-hybridized carbons (Fsp3) is 0.263. The second kappa shape index (κ2) is 7.70. The molecule has 1 aliphatic carbocycles. The highest BCUT2D eigenvalue weighted by molar-refractivity contribution is 9.10. The average molecular weight is 402 g/mol. The number of hydrogen-bond acceptors (Lipinski definition) is 2. The Morgan fingerprint density at radius 3 is 2.36 bits per heavy atom. The van der Waals surface area contributed by atoms with Crippen LogP contribution in [0.4, 0.5) is 16.2 Å². The Morgan fingerprint density at radius 2 is 1.72 bits per heavy atom. The Bertz CT molecular complexity index is 772. The lowest BCUT2D eigenvalue weighted by molar-refractivity contribution is -0.117. The predicted octanol–water partition coefficient (Wildman–Crippen LogP) is 4.46. The maximum Gasteiger partial charge on any atom is 0.321 e. The van der Waals surface area contributed by atoms with Crippen molar-refractivity contribution in [1.82, 2.24) is 4.90 Å². The van der Waals surface area contributed by atoms with Crippen LogP contribution in [0.3, 0.4) is 0 Å². The van der Waals surface area contributed by atoms with Gasteiger partial charge in [0, 0.05) is 35.4 Å². The van der Waals surface area contributed by atoms with E-state index in [0.29, 0.717) is 17.9 Å². The summed E-state index contributed by atoms with van der Waals surface area (Å²) in [6, 6.07) is 14.9. The van der Waals surface area contributed by atoms with E-state index in [1.165, 1.54) is 0 Å². The summed E-state index contributed by atoms with van der Waals surface area (Å²) >= 11 is 3.40. The number of amides is 3. The van der Waals surface area contributed by atoms with Crippen molar-refractivity contribution >= 4 is 39.2 Å². The smallest absolute Gasteiger partial charge is 0.321 e. The van der Waals surface area contributed by atoms with E-state index < -0.39 is 0 Å². The molecule has 0 spiro atoms. The van der Waals surface area contributed by atoms with Crippen LogP contribution in [0.1, 0.15) is 18.4 Å². The second-order valence-corrected chi connectivity index (χ2v) is 7.17. The Morgan fingerprint density at radius 1 is 1.08 bits per heavy atom. The number of carbonyl (C=O) groups is 2. The van der Waals surface area contributed by atoms with Gasteiger partial charge in [0.05, 0.1) is 0 Å². The van der Waals surface area contributed by atoms with E-state index in [1.54, 1.807) is 24.1 Å². The molecule has 0 aromatic heterocycles. The van der Waals surface area contributed by atoms with E-state index in [4.69, 9.17) is 0 Å². The van der Waals surface area contributed by atoms with Gasteiger partial charge in [-0.25, -0.2) is 4.79 Å². The minimum atomic E-state index is -0.200. The van der Waals surface area contributed by atoms with Crippen LogP contribution < -0.4 is 10.6 Å². The molecule has 2 aromatic rings. The van der Waals surface area contributed by atoms with Crippen LogP contribution in [0, 0.1) is 5.92 Å². The number of nitrogens with one attached hydrogen (secondary N) is 2. The Kier molecular flexibility index (Phi) is 5.38. The van der Waals surface area contributed by atoms with E-state index in [9.17, 15) is 9.59 Å². The molecule has 6 heteroatoms. The van der Waals surface area contributed by atoms with Gasteiger partial charge in [-0.3, -0.25) is 4.79 Å². The van der Waals surface area contributed by atoms with Crippen molar-refractivity contribution in [3.63, 3.8) is 0 Å². The largest absolute Gasteiger partial charge is 0.326 e. The van der Waals surface area contributed by atoms with Crippen molar-refractivity contribution in [2.24, 2.45) is 5.92 Å². The maximum absolute atomic E-state index is 12.4. The van der Waals surface area contributed by atoms with E-state index in [0.717, 1.165) is 22.9 Å². The summed E-state index contributed by atoms with van der Waals surface area (Å²) < 4.78 is 1.01. The minimum Gasteiger partial charge on any atom is -0.326 e. The van der Waals surface area contributed by atoms with Gasteiger partial charge >= 0.3 is 6.03 Å². The van der Waals surface area contributed by atoms with Crippen molar-refractivity contribution in [1.29, 1.82) is 0 Å². The molecule has 0 unspecified atom stereocenters. The molecule has 0 saturated heterocycles. The fourth-order valence-electron chi connectivity index (χ4n) is 2.42. The summed E-state index contributed by atoms with van der Waals surface area (Å²) in [5, 5.41) is 5.74. The summed E-state index contributed by atoms with van der Waals surface area (Å²) in [5.41, 5.74) is 2.40. The van der Waals surface area contributed by atoms with Crippen molar-refractivity contribution in [3.05, 3.63) is 58.6 Å². The normalized spacial score (nSPS) is 13.2. The third-order valence-corrected chi connectivity index (χ3v) is 4.54. The lowest BCUT2D eigenvalue weighted by Crippen LogP contribution is -2.30. The van der Waals surface area contributed by atoms with Gasteiger partial charge < -0.3 is 15.5 Å². The molecule has 3 amide bonds. The van der Waals surface area contributed by atoms with Crippen LogP contribution in [0.15, 0.2) is 53.0 Å². The summed E-state index contributed by atoms with van der Waals surface area (Å²) in [5.74, 6) is 0.200. The number of anilines is 2. The zero-order valence-electron chi connectivity index (χ0n) is 14.0. The Hall–Kier alpha value is -2.34. The molecule has 0 bridgehead atoms. The van der Waals surface area contributed by atoms with Crippen molar-refractivity contribution < 1.29 is 9.59 Å². The van der Waals surface area contributed by atoms with E-state index in [2.05, 4.69) is 26.6 Å². The molecule has 2 aromatic carbocycles. The van der Waals surface area contributed by atoms with Crippen molar-refractivity contribution in [3.8, 4) is 0 Å². The van der Waals surface area contributed by atoms with Gasteiger partial charge in [-0.2, -0.15) is 0 Å². The summed E-state index contributed by atoms with van der Waals surface area (Å²) in [4.78, 5) is 25.8. The predicted molar refractivity (Wildman–Crippen MR) is 102 cm³/mol. The highest BCUT2D eigenvalue weighted by Gasteiger charge is 2.29. The summed E-state index contributed by atoms with van der Waals surface area (Å²) in [6.45, 7) is 0.511. The standard InChI is InChI=1S/C19H20BrN3O2/c1-23(12-13-5-9-15(20)10-6-13)19(25)22-17-4-2-3-16(11-17)21-18(24)14-7-8-14/h2-6,9-11,14H,7-8,12H2,1H3,(H,21,24)(H,22,25). The van der Waals surface area contributed by atoms with Gasteiger partial charge in [-0.05, 0) is 48.7 Å². The summed E-state index contributed by atoms with van der Waals surface area (Å²) in [6.07, 6.45) is 1.92. The highest BCUT2D eigenvalue weighted by Crippen LogP contribution is 2.30. The molecule has 0 radical (unpaired) electrons. The first-order valence-corrected chi connectivity index (χ1v) is 8.98. The zero-order chi connectivity index (χ0) is 17.8. The second-order valence-electron chi connectivity index (χ2n) is 6.26. The monoisotopic (exact) mass is 401 g/mol. The van der Waals surface area contributed by atoms with Gasteiger partial charge in [0.2, 0.25) is 5.91 Å². The quantitative estimate of drug-likeness (QED) is 0.776. The van der Waals surface area contributed by atoms with Gasteiger partial charge in [0.25, 0.3) is 0 Å². The number of nitrogens with zero attached hydrogens (tertiary/aromatic N) is 1. The molecule has 0 heterocycles. The third kappa shape index (κ3) is 5.06. The average Bonchev–Trinajstić information content (AvgIpc) is 3.42. The van der Waals surface area contributed by atoms with Crippen molar-refractivity contribution in [2.75, 3.05) is 17.7 Å². The highest BCUT2D eigenvalue weighted by atomic mass is 79.9. The molecule has 2 N–H and O–H groups in total. The first kappa shape index (κ1) is 17.5. The molecule has 130 valence electrons. The maximum atomic E-state index is 12.4. The van der Waals surface area contributed by atoms with Gasteiger partial charge in [-0.1, -0.05) is 34.1 Å². The molecular formula is C19H20BrN3O2. The molecule has 5 nitrogen and oxygen atoms in total. The van der Waals surface area contributed by atoms with Crippen LogP contribution in [0.2, 0.25) is 0 Å². The number of rotatable bonds is 5. The minimum absolute atomic E-state index is 0.0517. The SMILES string of the molecule is CN(Cc1ccc(Br)cc1)C(=O)Nc1cccc(NC(=O)C2CC2)c1. The molecule has 0 aliphatic heterocycles. The van der Waals surface area contributed by atoms with Crippen LogP contribution in [-0.4, -0.2) is 23.9 Å². The first-order valence-electron chi connectivity index (χ1n) is 8.19. The van der Waals surface area contributed by atoms with Gasteiger partial charge in [0.15, 0.2) is 0 Å². The van der Waals surface area contributed by atoms with Crippen LogP contribution >= 0.6 is 15.9 Å². The molecule has 25 heavy (non-hydrogen) atoms. The number of benzene rings is 2. The number of halogens is 1. The van der Waals surface area contributed by atoms with Crippen LogP contribution in [-0.2, 0) is 11.3 Å². The lowest BCUT2D eigenvalue weighted by atomic mass is 10.2. The molecule has 1 saturated carbocycles. The zero-order valence-corrected chi connectivity index (χ0v) is 15.5. The van der Waals surface area contributed by atoms with E-state index in [1.807, 2.05) is 36.4 Å². The molecule has 1 fully saturated rings. The van der Waals surface area contributed by atoms with Gasteiger partial charge in [0.1, 0.15) is 0 Å². The molecule has 1 aliphatic rings. The number of hydrogen-bond donors (Lipinski definition) is 2. The molecular weight excluding hydrogens is 382 g/mol. The Balaban J connectivity index is 1.57. The van der Waals surface area contributed by atoms with Gasteiger partial charge in [-0.15, -0.1) is 0 Å².